The van der Waals surface area contributed by atoms with E-state index in [1.165, 1.54) is 0 Å². The van der Waals surface area contributed by atoms with Crippen LogP contribution in [0.1, 0.15) is 53.1 Å². The van der Waals surface area contributed by atoms with Crippen LogP contribution < -0.4 is 11.4 Å². The molecule has 90 valence electrons. The molecule has 0 spiro atoms. The van der Waals surface area contributed by atoms with Crippen molar-refractivity contribution in [1.82, 2.24) is 14.9 Å². The maximum atomic E-state index is 12.0. The van der Waals surface area contributed by atoms with E-state index in [4.69, 9.17) is 5.84 Å². The highest BCUT2D eigenvalue weighted by Crippen LogP contribution is 2.19. The fourth-order valence-corrected chi connectivity index (χ4v) is 1.38. The SMILES string of the molecule is CC(C)(C)c1nnc(C(C)(C)C)n(N)c1=O. The molecule has 16 heavy (non-hydrogen) atoms. The number of rotatable bonds is 0. The van der Waals surface area contributed by atoms with Crippen molar-refractivity contribution < 1.29 is 0 Å². The molecule has 1 aromatic rings. The van der Waals surface area contributed by atoms with Crippen LogP contribution in [0.25, 0.3) is 0 Å². The lowest BCUT2D eigenvalue weighted by atomic mass is 9.92. The van der Waals surface area contributed by atoms with E-state index in [0.717, 1.165) is 4.68 Å². The summed E-state index contributed by atoms with van der Waals surface area (Å²) >= 11 is 0. The highest BCUT2D eigenvalue weighted by atomic mass is 16.1. The molecule has 1 aromatic heterocycles. The molecule has 2 N–H and O–H groups in total. The van der Waals surface area contributed by atoms with Crippen LogP contribution in [-0.2, 0) is 10.8 Å². The first kappa shape index (κ1) is 12.7. The lowest BCUT2D eigenvalue weighted by molar-refractivity contribution is 0.471. The number of nitrogens with two attached hydrogens (primary N) is 1. The summed E-state index contributed by atoms with van der Waals surface area (Å²) in [5.41, 5.74) is -0.519. The van der Waals surface area contributed by atoms with Gasteiger partial charge in [0.15, 0.2) is 5.82 Å². The largest absolute Gasteiger partial charge is 0.335 e. The van der Waals surface area contributed by atoms with Crippen molar-refractivity contribution in [3.8, 4) is 0 Å². The molecular weight excluding hydrogens is 204 g/mol. The fourth-order valence-electron chi connectivity index (χ4n) is 1.38. The minimum atomic E-state index is -0.346. The van der Waals surface area contributed by atoms with Crippen molar-refractivity contribution in [3.63, 3.8) is 0 Å². The third-order valence-corrected chi connectivity index (χ3v) is 2.28. The van der Waals surface area contributed by atoms with Crippen LogP contribution in [0, 0.1) is 0 Å². The van der Waals surface area contributed by atoms with Gasteiger partial charge in [0.25, 0.3) is 5.56 Å². The molecule has 5 nitrogen and oxygen atoms in total. The van der Waals surface area contributed by atoms with Crippen molar-refractivity contribution in [3.05, 3.63) is 21.9 Å². The van der Waals surface area contributed by atoms with Crippen molar-refractivity contribution in [2.45, 2.75) is 52.4 Å². The summed E-state index contributed by atoms with van der Waals surface area (Å²) in [5.74, 6) is 6.26. The third-order valence-electron chi connectivity index (χ3n) is 2.28. The Bertz CT molecular complexity index is 449. The first-order valence-corrected chi connectivity index (χ1v) is 5.31. The number of hydrogen-bond acceptors (Lipinski definition) is 4. The van der Waals surface area contributed by atoms with Gasteiger partial charge in [-0.3, -0.25) is 4.79 Å². The Morgan fingerprint density at radius 2 is 1.50 bits per heavy atom. The maximum Gasteiger partial charge on any atom is 0.294 e. The standard InChI is InChI=1S/C11H20N4O/c1-10(2,3)7-8(16)15(12)9(14-13-7)11(4,5)6/h12H2,1-6H3. The highest BCUT2D eigenvalue weighted by Gasteiger charge is 2.26. The summed E-state index contributed by atoms with van der Waals surface area (Å²) in [7, 11) is 0. The van der Waals surface area contributed by atoms with Gasteiger partial charge < -0.3 is 5.84 Å². The number of nitrogens with zero attached hydrogens (tertiary/aromatic N) is 3. The Hall–Kier alpha value is -1.39. The molecule has 0 amide bonds. The van der Waals surface area contributed by atoms with E-state index < -0.39 is 0 Å². The molecule has 0 atom stereocenters. The number of aromatic nitrogens is 3. The quantitative estimate of drug-likeness (QED) is 0.666. The van der Waals surface area contributed by atoms with Crippen LogP contribution in [0.3, 0.4) is 0 Å². The Labute approximate surface area is 95.7 Å². The van der Waals surface area contributed by atoms with Crippen molar-refractivity contribution >= 4 is 0 Å². The molecule has 0 bridgehead atoms. The Kier molecular flexibility index (Phi) is 2.83. The van der Waals surface area contributed by atoms with Crippen LogP contribution in [-0.4, -0.2) is 14.9 Å². The van der Waals surface area contributed by atoms with Gasteiger partial charge in [-0.1, -0.05) is 41.5 Å². The molecular formula is C11H20N4O. The Balaban J connectivity index is 3.48. The fraction of sp³-hybridized carbons (Fsp3) is 0.727. The second kappa shape index (κ2) is 3.57. The van der Waals surface area contributed by atoms with Crippen molar-refractivity contribution in [1.29, 1.82) is 0 Å². The lowest BCUT2D eigenvalue weighted by Gasteiger charge is -2.22. The van der Waals surface area contributed by atoms with E-state index in [9.17, 15) is 4.79 Å². The minimum Gasteiger partial charge on any atom is -0.335 e. The predicted octanol–water partition coefficient (Wildman–Crippen LogP) is 0.947. The van der Waals surface area contributed by atoms with Gasteiger partial charge in [-0.05, 0) is 0 Å². The van der Waals surface area contributed by atoms with E-state index in [-0.39, 0.29) is 16.4 Å². The van der Waals surface area contributed by atoms with Gasteiger partial charge >= 0.3 is 0 Å². The molecule has 1 heterocycles. The molecule has 0 unspecified atom stereocenters. The maximum absolute atomic E-state index is 12.0. The summed E-state index contributed by atoms with van der Waals surface area (Å²) in [6, 6.07) is 0. The molecule has 1 rings (SSSR count). The summed E-state index contributed by atoms with van der Waals surface area (Å²) in [5, 5.41) is 8.08. The predicted molar refractivity (Wildman–Crippen MR) is 63.8 cm³/mol. The number of hydrogen-bond donors (Lipinski definition) is 1. The number of nitrogen functional groups attached to an aromatic ring is 1. The summed E-state index contributed by atoms with van der Waals surface area (Å²) in [6.45, 7) is 11.6. The van der Waals surface area contributed by atoms with Crippen LogP contribution in [0.2, 0.25) is 0 Å². The molecule has 0 fully saturated rings. The third kappa shape index (κ3) is 2.23. The Morgan fingerprint density at radius 3 is 1.88 bits per heavy atom. The van der Waals surface area contributed by atoms with Crippen LogP contribution >= 0.6 is 0 Å². The second-order valence-electron chi connectivity index (χ2n) is 6.05. The van der Waals surface area contributed by atoms with Gasteiger partial charge in [-0.25, -0.2) is 4.68 Å². The van der Waals surface area contributed by atoms with Crippen LogP contribution in [0.4, 0.5) is 0 Å². The van der Waals surface area contributed by atoms with E-state index in [1.807, 2.05) is 41.5 Å². The van der Waals surface area contributed by atoms with E-state index in [1.54, 1.807) is 0 Å². The van der Waals surface area contributed by atoms with Crippen LogP contribution in [0.15, 0.2) is 4.79 Å². The van der Waals surface area contributed by atoms with Crippen molar-refractivity contribution in [2.24, 2.45) is 0 Å². The minimum absolute atomic E-state index is 0.271. The summed E-state index contributed by atoms with van der Waals surface area (Å²) in [6.07, 6.45) is 0. The lowest BCUT2D eigenvalue weighted by Crippen LogP contribution is -2.42. The smallest absolute Gasteiger partial charge is 0.294 e. The molecule has 0 aromatic carbocycles. The van der Waals surface area contributed by atoms with E-state index in [2.05, 4.69) is 10.2 Å². The first-order valence-electron chi connectivity index (χ1n) is 5.31. The molecule has 0 aliphatic carbocycles. The zero-order valence-electron chi connectivity index (χ0n) is 10.8. The molecule has 0 saturated heterocycles. The Morgan fingerprint density at radius 1 is 1.00 bits per heavy atom. The zero-order chi connectivity index (χ0) is 12.7. The summed E-state index contributed by atoms with van der Waals surface area (Å²) < 4.78 is 1.10. The molecule has 0 saturated carbocycles. The van der Waals surface area contributed by atoms with Gasteiger partial charge in [0.1, 0.15) is 5.69 Å². The van der Waals surface area contributed by atoms with Crippen LogP contribution in [0.5, 0.6) is 0 Å². The zero-order valence-corrected chi connectivity index (χ0v) is 10.8. The van der Waals surface area contributed by atoms with Gasteiger partial charge in [0.05, 0.1) is 0 Å². The topological polar surface area (TPSA) is 73.8 Å². The van der Waals surface area contributed by atoms with E-state index >= 15 is 0 Å². The normalized spacial score (nSPS) is 12.9. The van der Waals surface area contributed by atoms with Gasteiger partial charge in [-0.2, -0.15) is 0 Å². The second-order valence-corrected chi connectivity index (χ2v) is 6.05. The van der Waals surface area contributed by atoms with Gasteiger partial charge in [0, 0.05) is 10.8 Å². The van der Waals surface area contributed by atoms with E-state index in [0.29, 0.717) is 11.5 Å². The monoisotopic (exact) mass is 224 g/mol. The average molecular weight is 224 g/mol. The van der Waals surface area contributed by atoms with Gasteiger partial charge in [-0.15, -0.1) is 10.2 Å². The molecule has 0 aliphatic heterocycles. The molecule has 0 aliphatic rings. The summed E-state index contributed by atoms with van der Waals surface area (Å²) in [4.78, 5) is 12.0. The molecule has 5 heteroatoms. The molecule has 0 radical (unpaired) electrons. The highest BCUT2D eigenvalue weighted by molar-refractivity contribution is 5.12. The van der Waals surface area contributed by atoms with Gasteiger partial charge in [0.2, 0.25) is 0 Å². The first-order chi connectivity index (χ1) is 7.05. The van der Waals surface area contributed by atoms with Crippen molar-refractivity contribution in [2.75, 3.05) is 5.84 Å². The average Bonchev–Trinajstić information content (AvgIpc) is 2.05.